The van der Waals surface area contributed by atoms with E-state index in [1.165, 1.54) is 11.1 Å². The van der Waals surface area contributed by atoms with Gasteiger partial charge in [-0.2, -0.15) is 0 Å². The summed E-state index contributed by atoms with van der Waals surface area (Å²) in [6.07, 6.45) is 0.948. The van der Waals surface area contributed by atoms with Gasteiger partial charge in [-0.3, -0.25) is 4.98 Å². The smallest absolute Gasteiger partial charge is 0.129 e. The number of nitrogens with zero attached hydrogens (tertiary/aromatic N) is 1. The maximum Gasteiger partial charge on any atom is 0.129 e. The minimum absolute atomic E-state index is 0.609. The molecule has 0 atom stereocenters. The predicted octanol–water partition coefficient (Wildman–Crippen LogP) is 4.15. The summed E-state index contributed by atoms with van der Waals surface area (Å²) in [5.74, 6) is 1.01. The number of ether oxygens (including phenoxy) is 1. The Labute approximate surface area is 115 Å². The number of benzene rings is 1. The number of hydrogen-bond donors (Lipinski definition) is 0. The highest BCUT2D eigenvalue weighted by Gasteiger charge is 2.13. The van der Waals surface area contributed by atoms with Gasteiger partial charge >= 0.3 is 0 Å². The van der Waals surface area contributed by atoms with Crippen molar-refractivity contribution in [2.75, 3.05) is 0 Å². The maximum atomic E-state index is 6.07. The third-order valence-electron chi connectivity index (χ3n) is 3.51. The average molecular weight is 255 g/mol. The van der Waals surface area contributed by atoms with Crippen LogP contribution in [0.3, 0.4) is 0 Å². The van der Waals surface area contributed by atoms with Gasteiger partial charge in [0.25, 0.3) is 0 Å². The summed E-state index contributed by atoms with van der Waals surface area (Å²) in [4.78, 5) is 4.58. The van der Waals surface area contributed by atoms with Crippen LogP contribution in [-0.4, -0.2) is 4.98 Å². The van der Waals surface area contributed by atoms with Gasteiger partial charge in [0.2, 0.25) is 0 Å². The quantitative estimate of drug-likeness (QED) is 0.818. The zero-order valence-corrected chi connectivity index (χ0v) is 12.2. The van der Waals surface area contributed by atoms with E-state index in [0.29, 0.717) is 6.61 Å². The Kier molecular flexibility index (Phi) is 4.20. The summed E-state index contributed by atoms with van der Waals surface area (Å²) in [6, 6.07) is 10.3. The lowest BCUT2D eigenvalue weighted by Crippen LogP contribution is -2.05. The number of hydrogen-bond acceptors (Lipinski definition) is 2. The second-order valence-corrected chi connectivity index (χ2v) is 4.84. The van der Waals surface area contributed by atoms with Crippen LogP contribution in [0.25, 0.3) is 0 Å². The lowest BCUT2D eigenvalue weighted by Gasteiger charge is -2.17. The summed E-state index contributed by atoms with van der Waals surface area (Å²) in [6.45, 7) is 8.94. The molecule has 0 N–H and O–H groups in total. The summed E-state index contributed by atoms with van der Waals surface area (Å²) < 4.78 is 6.07. The van der Waals surface area contributed by atoms with Crippen LogP contribution in [0.5, 0.6) is 5.75 Å². The first-order valence-electron chi connectivity index (χ1n) is 6.76. The van der Waals surface area contributed by atoms with Crippen LogP contribution in [0.2, 0.25) is 0 Å². The lowest BCUT2D eigenvalue weighted by atomic mass is 10.0. The van der Waals surface area contributed by atoms with Crippen LogP contribution in [-0.2, 0) is 13.0 Å². The second-order valence-electron chi connectivity index (χ2n) is 4.84. The second kappa shape index (κ2) is 5.87. The fourth-order valence-electron chi connectivity index (χ4n) is 2.30. The molecule has 100 valence electrons. The first-order valence-corrected chi connectivity index (χ1v) is 6.76. The van der Waals surface area contributed by atoms with E-state index in [9.17, 15) is 0 Å². The van der Waals surface area contributed by atoms with Crippen LogP contribution in [0.4, 0.5) is 0 Å². The third-order valence-corrected chi connectivity index (χ3v) is 3.51. The molecule has 0 fully saturated rings. The number of aryl methyl sites for hydroxylation is 2. The number of aromatic nitrogens is 1. The molecule has 2 rings (SSSR count). The molecular formula is C17H21NO. The topological polar surface area (TPSA) is 22.1 Å². The molecule has 1 aromatic heterocycles. The molecule has 0 saturated carbocycles. The third kappa shape index (κ3) is 2.95. The highest BCUT2D eigenvalue weighted by molar-refractivity contribution is 5.45. The van der Waals surface area contributed by atoms with Gasteiger partial charge in [0.05, 0.1) is 0 Å². The van der Waals surface area contributed by atoms with E-state index in [-0.39, 0.29) is 0 Å². The molecule has 0 aliphatic heterocycles. The van der Waals surface area contributed by atoms with E-state index in [1.807, 2.05) is 25.1 Å². The fourth-order valence-corrected chi connectivity index (χ4v) is 2.30. The molecule has 0 unspecified atom stereocenters. The maximum absolute atomic E-state index is 6.07. The van der Waals surface area contributed by atoms with Gasteiger partial charge in [0, 0.05) is 22.5 Å². The Hall–Kier alpha value is -1.83. The molecule has 0 amide bonds. The van der Waals surface area contributed by atoms with Crippen molar-refractivity contribution in [2.45, 2.75) is 40.7 Å². The van der Waals surface area contributed by atoms with Gasteiger partial charge in [-0.1, -0.05) is 37.3 Å². The first-order chi connectivity index (χ1) is 9.13. The van der Waals surface area contributed by atoms with Gasteiger partial charge in [-0.15, -0.1) is 0 Å². The first kappa shape index (κ1) is 13.6. The zero-order valence-electron chi connectivity index (χ0n) is 12.2. The van der Waals surface area contributed by atoms with Crippen molar-refractivity contribution in [3.63, 3.8) is 0 Å². The molecule has 0 aliphatic carbocycles. The number of rotatable bonds is 4. The van der Waals surface area contributed by atoms with Crippen molar-refractivity contribution < 1.29 is 4.74 Å². The Balaban J connectivity index is 2.29. The molecule has 0 saturated heterocycles. The molecule has 19 heavy (non-hydrogen) atoms. The molecule has 0 aliphatic rings. The van der Waals surface area contributed by atoms with E-state index < -0.39 is 0 Å². The molecular weight excluding hydrogens is 234 g/mol. The van der Waals surface area contributed by atoms with Gasteiger partial charge < -0.3 is 4.74 Å². The van der Waals surface area contributed by atoms with Gasteiger partial charge in [-0.25, -0.2) is 0 Å². The molecule has 2 nitrogen and oxygen atoms in total. The van der Waals surface area contributed by atoms with Crippen molar-refractivity contribution >= 4 is 0 Å². The molecule has 0 radical (unpaired) electrons. The van der Waals surface area contributed by atoms with Crippen molar-refractivity contribution in [3.8, 4) is 5.75 Å². The van der Waals surface area contributed by atoms with E-state index in [0.717, 1.165) is 29.1 Å². The highest BCUT2D eigenvalue weighted by Crippen LogP contribution is 2.28. The van der Waals surface area contributed by atoms with Crippen LogP contribution in [0, 0.1) is 20.8 Å². The molecule has 1 heterocycles. The zero-order chi connectivity index (χ0) is 13.8. The summed E-state index contributed by atoms with van der Waals surface area (Å²) in [7, 11) is 0. The standard InChI is InChI=1S/C17H21NO/c1-5-16-14(4)18-13(3)12(2)17(16)19-11-15-9-7-6-8-10-15/h6-10H,5,11H2,1-4H3. The average Bonchev–Trinajstić information content (AvgIpc) is 2.42. The molecule has 2 aromatic rings. The Morgan fingerprint density at radius 3 is 2.32 bits per heavy atom. The van der Waals surface area contributed by atoms with E-state index in [1.54, 1.807) is 0 Å². The van der Waals surface area contributed by atoms with Crippen molar-refractivity contribution in [1.29, 1.82) is 0 Å². The molecule has 1 aromatic carbocycles. The van der Waals surface area contributed by atoms with Crippen molar-refractivity contribution in [2.24, 2.45) is 0 Å². The number of pyridine rings is 1. The van der Waals surface area contributed by atoms with E-state index in [2.05, 4.69) is 37.9 Å². The van der Waals surface area contributed by atoms with Crippen LogP contribution >= 0.6 is 0 Å². The molecule has 0 spiro atoms. The monoisotopic (exact) mass is 255 g/mol. The Morgan fingerprint density at radius 1 is 1.00 bits per heavy atom. The van der Waals surface area contributed by atoms with Crippen molar-refractivity contribution in [1.82, 2.24) is 4.98 Å². The predicted molar refractivity (Wildman–Crippen MR) is 78.6 cm³/mol. The van der Waals surface area contributed by atoms with Gasteiger partial charge in [0.15, 0.2) is 0 Å². The largest absolute Gasteiger partial charge is 0.488 e. The van der Waals surface area contributed by atoms with E-state index >= 15 is 0 Å². The van der Waals surface area contributed by atoms with E-state index in [4.69, 9.17) is 4.74 Å². The normalized spacial score (nSPS) is 10.5. The van der Waals surface area contributed by atoms with Crippen LogP contribution in [0.1, 0.15) is 35.0 Å². The van der Waals surface area contributed by atoms with Crippen LogP contribution in [0.15, 0.2) is 30.3 Å². The summed E-state index contributed by atoms with van der Waals surface area (Å²) >= 11 is 0. The minimum Gasteiger partial charge on any atom is -0.488 e. The highest BCUT2D eigenvalue weighted by atomic mass is 16.5. The fraction of sp³-hybridized carbons (Fsp3) is 0.353. The van der Waals surface area contributed by atoms with Gasteiger partial charge in [-0.05, 0) is 32.8 Å². The SMILES string of the molecule is CCc1c(C)nc(C)c(C)c1OCc1ccccc1. The van der Waals surface area contributed by atoms with Gasteiger partial charge in [0.1, 0.15) is 12.4 Å². The van der Waals surface area contributed by atoms with Crippen LogP contribution < -0.4 is 4.74 Å². The Bertz CT molecular complexity index is 561. The minimum atomic E-state index is 0.609. The lowest BCUT2D eigenvalue weighted by molar-refractivity contribution is 0.300. The summed E-state index contributed by atoms with van der Waals surface area (Å²) in [5, 5.41) is 0. The Morgan fingerprint density at radius 2 is 1.68 bits per heavy atom. The van der Waals surface area contributed by atoms with Crippen molar-refractivity contribution in [3.05, 3.63) is 58.4 Å². The molecule has 2 heteroatoms. The molecule has 0 bridgehead atoms. The summed E-state index contributed by atoms with van der Waals surface area (Å²) in [5.41, 5.74) is 5.69.